The van der Waals surface area contributed by atoms with Gasteiger partial charge in [-0.15, -0.1) is 0 Å². The normalized spacial score (nSPS) is 20.0. The van der Waals surface area contributed by atoms with Gasteiger partial charge in [-0.1, -0.05) is 30.3 Å². The van der Waals surface area contributed by atoms with Crippen molar-refractivity contribution in [2.75, 3.05) is 31.1 Å². The van der Waals surface area contributed by atoms with E-state index in [1.807, 2.05) is 30.3 Å². The molecule has 1 atom stereocenters. The first kappa shape index (κ1) is 22.8. The Bertz CT molecular complexity index is 1090. The molecule has 1 aromatic heterocycles. The van der Waals surface area contributed by atoms with Crippen LogP contribution in [-0.4, -0.2) is 63.8 Å². The number of nitrogens with zero attached hydrogens (tertiary/aromatic N) is 5. The first-order valence-corrected chi connectivity index (χ1v) is 10.9. The number of piperazine rings is 1. The molecular formula is C22H23ClN6O4. The number of esters is 1. The Morgan fingerprint density at radius 3 is 2.79 bits per heavy atom. The highest BCUT2D eigenvalue weighted by Gasteiger charge is 2.49. The maximum absolute atomic E-state index is 13.4. The zero-order chi connectivity index (χ0) is 23.4. The molecular weight excluding hydrogens is 448 g/mol. The summed E-state index contributed by atoms with van der Waals surface area (Å²) in [6, 6.07) is 11.4. The molecule has 0 aliphatic carbocycles. The van der Waals surface area contributed by atoms with Gasteiger partial charge >= 0.3 is 12.1 Å². The minimum absolute atomic E-state index is 0.0435. The van der Waals surface area contributed by atoms with Crippen molar-refractivity contribution in [1.29, 1.82) is 5.26 Å². The lowest BCUT2D eigenvalue weighted by Crippen LogP contribution is -2.66. The van der Waals surface area contributed by atoms with Gasteiger partial charge in [0.15, 0.2) is 5.54 Å². The quantitative estimate of drug-likeness (QED) is 0.497. The van der Waals surface area contributed by atoms with E-state index in [-0.39, 0.29) is 37.9 Å². The molecule has 1 saturated heterocycles. The molecule has 172 valence electrons. The second-order valence-corrected chi connectivity index (χ2v) is 8.29. The summed E-state index contributed by atoms with van der Waals surface area (Å²) < 4.78 is 5.66. The molecule has 0 saturated carbocycles. The minimum Gasteiger partial charge on any atom is -0.465 e. The lowest BCUT2D eigenvalue weighted by molar-refractivity contribution is -0.151. The van der Waals surface area contributed by atoms with E-state index in [1.54, 1.807) is 4.90 Å². The number of carboxylic acid groups (broad SMARTS) is 1. The molecule has 2 aliphatic rings. The van der Waals surface area contributed by atoms with Crippen LogP contribution in [0.4, 0.5) is 10.6 Å². The molecule has 1 unspecified atom stereocenters. The van der Waals surface area contributed by atoms with Gasteiger partial charge in [-0.25, -0.2) is 19.6 Å². The van der Waals surface area contributed by atoms with Gasteiger partial charge < -0.3 is 25.0 Å². The van der Waals surface area contributed by atoms with Crippen LogP contribution in [-0.2, 0) is 29.1 Å². The zero-order valence-corrected chi connectivity index (χ0v) is 18.6. The number of nitriles is 1. The van der Waals surface area contributed by atoms with Gasteiger partial charge in [-0.05, 0) is 23.6 Å². The molecule has 0 bridgehead atoms. The third-order valence-electron chi connectivity index (χ3n) is 5.95. The maximum Gasteiger partial charge on any atom is 0.407 e. The Hall–Kier alpha value is -3.42. The SMILES string of the molecule is N#CCC1(C(=O)OCc2ccccc2)CNCCN1c1nc(Cl)nc2c1CCN(C(=O)O)C2. The Morgan fingerprint density at radius 1 is 1.27 bits per heavy atom. The van der Waals surface area contributed by atoms with Crippen LogP contribution in [0.2, 0.25) is 5.28 Å². The topological polar surface area (TPSA) is 132 Å². The molecule has 3 heterocycles. The molecule has 4 rings (SSSR count). The summed E-state index contributed by atoms with van der Waals surface area (Å²) in [5.41, 5.74) is 0.763. The van der Waals surface area contributed by atoms with E-state index in [0.717, 1.165) is 11.1 Å². The van der Waals surface area contributed by atoms with Crippen LogP contribution < -0.4 is 10.2 Å². The van der Waals surface area contributed by atoms with Crippen molar-refractivity contribution < 1.29 is 19.4 Å². The van der Waals surface area contributed by atoms with Crippen LogP contribution in [0.5, 0.6) is 0 Å². The van der Waals surface area contributed by atoms with Gasteiger partial charge in [-0.2, -0.15) is 5.26 Å². The van der Waals surface area contributed by atoms with E-state index in [2.05, 4.69) is 21.4 Å². The number of amides is 1. The number of hydrogen-bond acceptors (Lipinski definition) is 8. The molecule has 10 nitrogen and oxygen atoms in total. The summed E-state index contributed by atoms with van der Waals surface area (Å²) in [6.07, 6.45) is -0.784. The summed E-state index contributed by atoms with van der Waals surface area (Å²) in [6.45, 7) is 1.59. The molecule has 2 aromatic rings. The van der Waals surface area contributed by atoms with E-state index >= 15 is 0 Å². The Labute approximate surface area is 195 Å². The second kappa shape index (κ2) is 9.60. The van der Waals surface area contributed by atoms with Crippen molar-refractivity contribution in [3.63, 3.8) is 0 Å². The average molecular weight is 471 g/mol. The van der Waals surface area contributed by atoms with Crippen molar-refractivity contribution >= 4 is 29.5 Å². The van der Waals surface area contributed by atoms with Crippen molar-refractivity contribution in [3.05, 3.63) is 52.4 Å². The Morgan fingerprint density at radius 2 is 2.06 bits per heavy atom. The minimum atomic E-state index is -1.31. The third kappa shape index (κ3) is 4.55. The van der Waals surface area contributed by atoms with Crippen LogP contribution in [0.15, 0.2) is 30.3 Å². The number of carbonyl (C=O) groups is 2. The molecule has 33 heavy (non-hydrogen) atoms. The van der Waals surface area contributed by atoms with Gasteiger partial charge in [0, 0.05) is 31.7 Å². The number of aromatic nitrogens is 2. The van der Waals surface area contributed by atoms with E-state index in [1.165, 1.54) is 4.90 Å². The second-order valence-electron chi connectivity index (χ2n) is 7.95. The number of carbonyl (C=O) groups excluding carboxylic acids is 1. The average Bonchev–Trinajstić information content (AvgIpc) is 2.82. The zero-order valence-electron chi connectivity index (χ0n) is 17.8. The van der Waals surface area contributed by atoms with Crippen molar-refractivity contribution in [2.24, 2.45) is 0 Å². The van der Waals surface area contributed by atoms with Gasteiger partial charge in [-0.3, -0.25) is 0 Å². The summed E-state index contributed by atoms with van der Waals surface area (Å²) in [5.74, 6) is -0.0880. The highest BCUT2D eigenvalue weighted by Crippen LogP contribution is 2.35. The van der Waals surface area contributed by atoms with E-state index in [9.17, 15) is 20.0 Å². The fraction of sp³-hybridized carbons (Fsp3) is 0.409. The summed E-state index contributed by atoms with van der Waals surface area (Å²) in [5, 5.41) is 22.1. The first-order chi connectivity index (χ1) is 15.9. The number of fused-ring (bicyclic) bond motifs is 1. The third-order valence-corrected chi connectivity index (χ3v) is 6.12. The number of hydrogen-bond donors (Lipinski definition) is 2. The smallest absolute Gasteiger partial charge is 0.407 e. The predicted molar refractivity (Wildman–Crippen MR) is 119 cm³/mol. The summed E-state index contributed by atoms with van der Waals surface area (Å²) in [4.78, 5) is 36.6. The van der Waals surface area contributed by atoms with Crippen LogP contribution >= 0.6 is 11.6 Å². The largest absolute Gasteiger partial charge is 0.465 e. The number of nitrogens with one attached hydrogen (secondary N) is 1. The van der Waals surface area contributed by atoms with Gasteiger partial charge in [0.05, 0.1) is 24.7 Å². The molecule has 0 radical (unpaired) electrons. The number of benzene rings is 1. The van der Waals surface area contributed by atoms with Crippen molar-refractivity contribution in [2.45, 2.75) is 31.5 Å². The monoisotopic (exact) mass is 470 g/mol. The molecule has 1 fully saturated rings. The number of halogens is 1. The number of rotatable bonds is 5. The van der Waals surface area contributed by atoms with E-state index < -0.39 is 17.6 Å². The molecule has 1 amide bonds. The standard InChI is InChI=1S/C22H23ClN6O4/c23-20-26-17-12-28(21(31)32)10-6-16(17)18(27-20)29-11-9-25-14-22(29,7-8-24)19(30)33-13-15-4-2-1-3-5-15/h1-5,25H,6-7,9-14H2,(H,31,32). The van der Waals surface area contributed by atoms with E-state index in [0.29, 0.717) is 31.0 Å². The first-order valence-electron chi connectivity index (χ1n) is 10.5. The van der Waals surface area contributed by atoms with Crippen molar-refractivity contribution in [1.82, 2.24) is 20.2 Å². The van der Waals surface area contributed by atoms with Crippen LogP contribution in [0.25, 0.3) is 0 Å². The molecule has 2 aliphatic heterocycles. The van der Waals surface area contributed by atoms with Gasteiger partial charge in [0.2, 0.25) is 5.28 Å². The fourth-order valence-electron chi connectivity index (χ4n) is 4.27. The lowest BCUT2D eigenvalue weighted by Gasteiger charge is -2.46. The summed E-state index contributed by atoms with van der Waals surface area (Å²) in [7, 11) is 0. The fourth-order valence-corrected chi connectivity index (χ4v) is 4.45. The molecule has 0 spiro atoms. The molecule has 11 heteroatoms. The lowest BCUT2D eigenvalue weighted by atomic mass is 9.90. The maximum atomic E-state index is 13.4. The molecule has 1 aromatic carbocycles. The van der Waals surface area contributed by atoms with Crippen molar-refractivity contribution in [3.8, 4) is 6.07 Å². The highest BCUT2D eigenvalue weighted by molar-refractivity contribution is 6.28. The Kier molecular flexibility index (Phi) is 6.62. The Balaban J connectivity index is 1.70. The van der Waals surface area contributed by atoms with Gasteiger partial charge in [0.25, 0.3) is 0 Å². The van der Waals surface area contributed by atoms with E-state index in [4.69, 9.17) is 16.3 Å². The van der Waals surface area contributed by atoms with Crippen LogP contribution in [0.1, 0.15) is 23.2 Å². The number of anilines is 1. The number of ether oxygens (including phenoxy) is 1. The highest BCUT2D eigenvalue weighted by atomic mass is 35.5. The molecule has 2 N–H and O–H groups in total. The van der Waals surface area contributed by atoms with Crippen LogP contribution in [0, 0.1) is 11.3 Å². The summed E-state index contributed by atoms with van der Waals surface area (Å²) >= 11 is 6.21. The van der Waals surface area contributed by atoms with Gasteiger partial charge in [0.1, 0.15) is 12.4 Å². The predicted octanol–water partition coefficient (Wildman–Crippen LogP) is 1.97. The van der Waals surface area contributed by atoms with Crippen LogP contribution in [0.3, 0.4) is 0 Å².